The van der Waals surface area contributed by atoms with Crippen LogP contribution < -0.4 is 0 Å². The number of hydrogen-bond donors (Lipinski definition) is 0. The van der Waals surface area contributed by atoms with E-state index in [9.17, 15) is 0 Å². The lowest BCUT2D eigenvalue weighted by Gasteiger charge is -2.11. The van der Waals surface area contributed by atoms with Gasteiger partial charge in [0.15, 0.2) is 0 Å². The minimum atomic E-state index is 0.864. The Labute approximate surface area is 287 Å². The van der Waals surface area contributed by atoms with Crippen LogP contribution in [0.5, 0.6) is 0 Å². The van der Waals surface area contributed by atoms with Gasteiger partial charge in [0, 0.05) is 51.1 Å². The molecule has 0 aliphatic carbocycles. The molecule has 0 atom stereocenters. The van der Waals surface area contributed by atoms with Crippen LogP contribution in [-0.4, -0.2) is 24.9 Å². The van der Waals surface area contributed by atoms with E-state index in [1.807, 2.05) is 42.9 Å². The second-order valence-electron chi connectivity index (χ2n) is 12.6. The van der Waals surface area contributed by atoms with Crippen LogP contribution in [0.25, 0.3) is 99.3 Å². The van der Waals surface area contributed by atoms with E-state index in [4.69, 9.17) is 15.0 Å². The van der Waals surface area contributed by atoms with Gasteiger partial charge in [0.25, 0.3) is 0 Å². The summed E-state index contributed by atoms with van der Waals surface area (Å²) in [7, 11) is 0. The lowest BCUT2D eigenvalue weighted by molar-refractivity contribution is 1.29. The molecule has 5 aromatic heterocycles. The monoisotopic (exact) mass is 637 g/mol. The maximum Gasteiger partial charge on any atom is 0.0970 e. The molecule has 0 saturated heterocycles. The first-order valence-corrected chi connectivity index (χ1v) is 16.6. The van der Waals surface area contributed by atoms with Crippen molar-refractivity contribution in [1.82, 2.24) is 24.9 Å². The lowest BCUT2D eigenvalue weighted by atomic mass is 9.96. The quantitative estimate of drug-likeness (QED) is 0.180. The third kappa shape index (κ3) is 4.83. The molecule has 0 amide bonds. The second-order valence-corrected chi connectivity index (χ2v) is 12.6. The maximum absolute atomic E-state index is 5.05. The molecule has 0 aliphatic heterocycles. The highest BCUT2D eigenvalue weighted by Crippen LogP contribution is 2.35. The van der Waals surface area contributed by atoms with Gasteiger partial charge in [-0.1, -0.05) is 91.0 Å². The number of fused-ring (bicyclic) bond motifs is 6. The number of nitrogens with zero attached hydrogens (tertiary/aromatic N) is 5. The van der Waals surface area contributed by atoms with Crippen molar-refractivity contribution in [3.8, 4) is 44.9 Å². The van der Waals surface area contributed by atoms with Gasteiger partial charge in [0.2, 0.25) is 0 Å². The van der Waals surface area contributed by atoms with Gasteiger partial charge in [0.1, 0.15) is 0 Å². The number of aromatic nitrogens is 5. The minimum absolute atomic E-state index is 0.864. The SMILES string of the molecule is c1ccc2cc(-c3ccc4ccc(-c5ccc6nc(-c7ccc(-c8cc9cccnc9c9ncccc89)cc7)ccc6c5)cc4n3)ncc2c1. The predicted octanol–water partition coefficient (Wildman–Crippen LogP) is 11.1. The topological polar surface area (TPSA) is 64.5 Å². The molecule has 0 bridgehead atoms. The van der Waals surface area contributed by atoms with E-state index in [1.54, 1.807) is 0 Å². The molecule has 5 heteroatoms. The first-order chi connectivity index (χ1) is 24.7. The minimum Gasteiger partial charge on any atom is -0.254 e. The predicted molar refractivity (Wildman–Crippen MR) is 205 cm³/mol. The van der Waals surface area contributed by atoms with Crippen LogP contribution in [0.4, 0.5) is 0 Å². The zero-order valence-electron chi connectivity index (χ0n) is 26.8. The van der Waals surface area contributed by atoms with E-state index in [1.165, 1.54) is 0 Å². The van der Waals surface area contributed by atoms with Crippen molar-refractivity contribution >= 4 is 54.4 Å². The van der Waals surface area contributed by atoms with Gasteiger partial charge < -0.3 is 0 Å². The van der Waals surface area contributed by atoms with Crippen LogP contribution in [0.1, 0.15) is 0 Å². The molecule has 0 unspecified atom stereocenters. The molecule has 0 aliphatic rings. The molecule has 0 radical (unpaired) electrons. The Morgan fingerprint density at radius 1 is 0.340 bits per heavy atom. The van der Waals surface area contributed by atoms with Crippen LogP contribution in [0.15, 0.2) is 164 Å². The lowest BCUT2D eigenvalue weighted by Crippen LogP contribution is -1.90. The van der Waals surface area contributed by atoms with Crippen molar-refractivity contribution in [3.63, 3.8) is 0 Å². The Balaban J connectivity index is 0.956. The average molecular weight is 638 g/mol. The second kappa shape index (κ2) is 11.4. The molecule has 10 rings (SSSR count). The van der Waals surface area contributed by atoms with Crippen LogP contribution >= 0.6 is 0 Å². The fraction of sp³-hybridized carbons (Fsp3) is 0. The summed E-state index contributed by atoms with van der Waals surface area (Å²) in [5.74, 6) is 0. The Morgan fingerprint density at radius 2 is 1.02 bits per heavy atom. The Hall–Kier alpha value is -6.85. The summed E-state index contributed by atoms with van der Waals surface area (Å²) in [6.45, 7) is 0. The third-order valence-electron chi connectivity index (χ3n) is 9.56. The Kier molecular flexibility index (Phi) is 6.42. The van der Waals surface area contributed by atoms with Crippen molar-refractivity contribution in [2.45, 2.75) is 0 Å². The van der Waals surface area contributed by atoms with Gasteiger partial charge in [-0.25, -0.2) is 9.97 Å². The summed E-state index contributed by atoms with van der Waals surface area (Å²) in [6, 6.07) is 50.7. The van der Waals surface area contributed by atoms with E-state index in [0.717, 1.165) is 99.3 Å². The summed E-state index contributed by atoms with van der Waals surface area (Å²) in [5, 5.41) is 6.64. The third-order valence-corrected chi connectivity index (χ3v) is 9.56. The summed E-state index contributed by atoms with van der Waals surface area (Å²) >= 11 is 0. The standard InChI is InChI=1S/C45H27N5/c1-2-6-36-27-48-43(26-31(36)5-1)41-20-15-30-13-14-33(25-42(30)50-41)32-16-18-40-34(23-32)17-19-39(49-40)29-11-9-28(10-12-29)38-24-35-7-3-21-46-44(35)45-37(38)8-4-22-47-45/h1-27H. The molecule has 50 heavy (non-hydrogen) atoms. The van der Waals surface area contributed by atoms with Crippen LogP contribution in [-0.2, 0) is 0 Å². The van der Waals surface area contributed by atoms with Gasteiger partial charge >= 0.3 is 0 Å². The molecule has 232 valence electrons. The molecular weight excluding hydrogens is 611 g/mol. The number of hydrogen-bond acceptors (Lipinski definition) is 5. The fourth-order valence-corrected chi connectivity index (χ4v) is 6.97. The van der Waals surface area contributed by atoms with Gasteiger partial charge in [0.05, 0.1) is 39.1 Å². The van der Waals surface area contributed by atoms with E-state index in [2.05, 4.69) is 131 Å². The van der Waals surface area contributed by atoms with Gasteiger partial charge in [-0.05, 0) is 82.2 Å². The molecule has 0 saturated carbocycles. The van der Waals surface area contributed by atoms with Crippen molar-refractivity contribution in [1.29, 1.82) is 0 Å². The summed E-state index contributed by atoms with van der Waals surface area (Å²) in [6.07, 6.45) is 5.57. The zero-order chi connectivity index (χ0) is 33.0. The largest absolute Gasteiger partial charge is 0.254 e. The normalized spacial score (nSPS) is 11.6. The smallest absolute Gasteiger partial charge is 0.0970 e. The number of benzene rings is 5. The van der Waals surface area contributed by atoms with Crippen LogP contribution in [0.2, 0.25) is 0 Å². The molecule has 0 fully saturated rings. The van der Waals surface area contributed by atoms with E-state index >= 15 is 0 Å². The van der Waals surface area contributed by atoms with Crippen molar-refractivity contribution in [2.75, 3.05) is 0 Å². The van der Waals surface area contributed by atoms with Gasteiger partial charge in [-0.2, -0.15) is 0 Å². The molecule has 0 N–H and O–H groups in total. The first-order valence-electron chi connectivity index (χ1n) is 16.6. The van der Waals surface area contributed by atoms with Crippen molar-refractivity contribution in [3.05, 3.63) is 164 Å². The Morgan fingerprint density at radius 3 is 1.94 bits per heavy atom. The van der Waals surface area contributed by atoms with Gasteiger partial charge in [-0.3, -0.25) is 15.0 Å². The van der Waals surface area contributed by atoms with Crippen molar-refractivity contribution in [2.24, 2.45) is 0 Å². The average Bonchev–Trinajstić information content (AvgIpc) is 3.19. The summed E-state index contributed by atoms with van der Waals surface area (Å²) in [5.41, 5.74) is 12.0. The summed E-state index contributed by atoms with van der Waals surface area (Å²) in [4.78, 5) is 24.0. The maximum atomic E-state index is 5.05. The van der Waals surface area contributed by atoms with Gasteiger partial charge in [-0.15, -0.1) is 0 Å². The fourth-order valence-electron chi connectivity index (χ4n) is 6.97. The number of pyridine rings is 5. The molecule has 0 spiro atoms. The van der Waals surface area contributed by atoms with E-state index in [0.29, 0.717) is 0 Å². The molecule has 5 heterocycles. The van der Waals surface area contributed by atoms with Crippen LogP contribution in [0.3, 0.4) is 0 Å². The molecular formula is C45H27N5. The highest BCUT2D eigenvalue weighted by molar-refractivity contribution is 6.10. The highest BCUT2D eigenvalue weighted by Gasteiger charge is 2.12. The van der Waals surface area contributed by atoms with E-state index < -0.39 is 0 Å². The molecule has 10 aromatic rings. The summed E-state index contributed by atoms with van der Waals surface area (Å²) < 4.78 is 0. The highest BCUT2D eigenvalue weighted by atomic mass is 14.8. The molecule has 5 aromatic carbocycles. The number of rotatable bonds is 4. The first kappa shape index (κ1) is 28.2. The van der Waals surface area contributed by atoms with E-state index in [-0.39, 0.29) is 0 Å². The Bertz CT molecular complexity index is 2930. The van der Waals surface area contributed by atoms with Crippen LogP contribution in [0, 0.1) is 0 Å². The zero-order valence-corrected chi connectivity index (χ0v) is 26.8. The molecule has 5 nitrogen and oxygen atoms in total. The van der Waals surface area contributed by atoms with Crippen molar-refractivity contribution < 1.29 is 0 Å².